The van der Waals surface area contributed by atoms with E-state index in [0.29, 0.717) is 5.56 Å². The summed E-state index contributed by atoms with van der Waals surface area (Å²) in [4.78, 5) is 11.5. The minimum atomic E-state index is -0.300. The molecule has 0 unspecified atom stereocenters. The summed E-state index contributed by atoms with van der Waals surface area (Å²) in [6, 6.07) is 5.67. The topological polar surface area (TPSA) is 26.3 Å². The number of methoxy groups -OCH3 is 1. The predicted molar refractivity (Wildman–Crippen MR) is 70.0 cm³/mol. The summed E-state index contributed by atoms with van der Waals surface area (Å²) < 4.78 is 4.74. The van der Waals surface area contributed by atoms with Crippen molar-refractivity contribution in [1.29, 1.82) is 0 Å². The summed E-state index contributed by atoms with van der Waals surface area (Å²) in [5.41, 5.74) is 2.62. The highest BCUT2D eigenvalue weighted by atomic mass is 32.1. The highest BCUT2D eigenvalue weighted by Crippen LogP contribution is 2.15. The highest BCUT2D eigenvalue weighted by molar-refractivity contribution is 7.80. The van der Waals surface area contributed by atoms with Crippen LogP contribution in [0.3, 0.4) is 0 Å². The van der Waals surface area contributed by atoms with Gasteiger partial charge in [0.15, 0.2) is 0 Å². The molecule has 0 aliphatic heterocycles. The molecule has 1 aromatic carbocycles. The Kier molecular flexibility index (Phi) is 5.12. The molecule has 0 aromatic heterocycles. The third-order valence-corrected chi connectivity index (χ3v) is 2.46. The first-order chi connectivity index (χ1) is 7.69. The first-order valence-electron chi connectivity index (χ1n) is 5.15. The van der Waals surface area contributed by atoms with Gasteiger partial charge in [0.05, 0.1) is 12.7 Å². The zero-order chi connectivity index (χ0) is 12.0. The molecule has 0 saturated heterocycles. The molecule has 0 atom stereocenters. The van der Waals surface area contributed by atoms with Gasteiger partial charge in [-0.15, -0.1) is 0 Å². The molecule has 1 aromatic rings. The highest BCUT2D eigenvalue weighted by Gasteiger charge is 2.09. The molecule has 0 saturated carbocycles. The molecular weight excluding hydrogens is 220 g/mol. The molecule has 2 nitrogen and oxygen atoms in total. The third-order valence-electron chi connectivity index (χ3n) is 2.21. The summed E-state index contributed by atoms with van der Waals surface area (Å²) in [7, 11) is 1.39. The molecule has 16 heavy (non-hydrogen) atoms. The van der Waals surface area contributed by atoms with Gasteiger partial charge in [-0.05, 0) is 30.7 Å². The number of aryl methyl sites for hydroxylation is 1. The van der Waals surface area contributed by atoms with Crippen molar-refractivity contribution in [2.45, 2.75) is 13.3 Å². The Balaban J connectivity index is 3.03. The van der Waals surface area contributed by atoms with E-state index in [2.05, 4.69) is 12.6 Å². The number of carbonyl (C=O) groups is 1. The van der Waals surface area contributed by atoms with Crippen LogP contribution in [-0.2, 0) is 4.74 Å². The molecule has 0 spiro atoms. The second-order valence-electron chi connectivity index (χ2n) is 3.50. The van der Waals surface area contributed by atoms with Crippen LogP contribution in [0, 0.1) is 6.92 Å². The predicted octanol–water partition coefficient (Wildman–Crippen LogP) is 3.11. The Labute approximate surface area is 102 Å². The SMILES string of the molecule is COC(=O)c1ccc(C)cc1C=CCCS. The van der Waals surface area contributed by atoms with Gasteiger partial charge in [-0.3, -0.25) is 0 Å². The van der Waals surface area contributed by atoms with E-state index in [0.717, 1.165) is 23.3 Å². The van der Waals surface area contributed by atoms with E-state index < -0.39 is 0 Å². The quantitative estimate of drug-likeness (QED) is 0.642. The summed E-state index contributed by atoms with van der Waals surface area (Å²) in [6.07, 6.45) is 4.83. The number of carbonyl (C=O) groups excluding carboxylic acids is 1. The number of hydrogen-bond acceptors (Lipinski definition) is 3. The van der Waals surface area contributed by atoms with Crippen LogP contribution in [-0.4, -0.2) is 18.8 Å². The number of allylic oxidation sites excluding steroid dienone is 1. The first-order valence-corrected chi connectivity index (χ1v) is 5.78. The molecule has 0 heterocycles. The Morgan fingerprint density at radius 2 is 2.25 bits per heavy atom. The van der Waals surface area contributed by atoms with Crippen LogP contribution in [0.5, 0.6) is 0 Å². The fourth-order valence-corrected chi connectivity index (χ4v) is 1.55. The van der Waals surface area contributed by atoms with E-state index in [-0.39, 0.29) is 5.97 Å². The van der Waals surface area contributed by atoms with Crippen LogP contribution in [0.1, 0.15) is 27.9 Å². The molecule has 0 radical (unpaired) electrons. The second-order valence-corrected chi connectivity index (χ2v) is 3.94. The lowest BCUT2D eigenvalue weighted by molar-refractivity contribution is 0.0600. The van der Waals surface area contributed by atoms with E-state index in [9.17, 15) is 4.79 Å². The zero-order valence-electron chi connectivity index (χ0n) is 9.56. The van der Waals surface area contributed by atoms with Crippen LogP contribution in [0.15, 0.2) is 24.3 Å². The van der Waals surface area contributed by atoms with Crippen LogP contribution in [0.4, 0.5) is 0 Å². The number of thiol groups is 1. The lowest BCUT2D eigenvalue weighted by Gasteiger charge is -2.05. The molecule has 0 aliphatic carbocycles. The molecular formula is C13H16O2S. The number of ether oxygens (including phenoxy) is 1. The lowest BCUT2D eigenvalue weighted by Crippen LogP contribution is -2.03. The monoisotopic (exact) mass is 236 g/mol. The van der Waals surface area contributed by atoms with Crippen molar-refractivity contribution in [3.05, 3.63) is 41.0 Å². The van der Waals surface area contributed by atoms with Gasteiger partial charge in [0, 0.05) is 0 Å². The van der Waals surface area contributed by atoms with Crippen LogP contribution < -0.4 is 0 Å². The van der Waals surface area contributed by atoms with Crippen molar-refractivity contribution in [2.24, 2.45) is 0 Å². The van der Waals surface area contributed by atoms with Gasteiger partial charge < -0.3 is 4.74 Å². The average Bonchev–Trinajstić information content (AvgIpc) is 2.29. The van der Waals surface area contributed by atoms with Gasteiger partial charge in [-0.2, -0.15) is 12.6 Å². The smallest absolute Gasteiger partial charge is 0.338 e. The van der Waals surface area contributed by atoms with Crippen LogP contribution in [0.2, 0.25) is 0 Å². The normalized spacial score (nSPS) is 10.7. The molecule has 1 rings (SSSR count). The van der Waals surface area contributed by atoms with E-state index in [1.807, 2.05) is 31.2 Å². The van der Waals surface area contributed by atoms with Gasteiger partial charge in [0.2, 0.25) is 0 Å². The average molecular weight is 236 g/mol. The van der Waals surface area contributed by atoms with Gasteiger partial charge >= 0.3 is 5.97 Å². The first kappa shape index (κ1) is 12.8. The molecule has 0 N–H and O–H groups in total. The van der Waals surface area contributed by atoms with Gasteiger partial charge in [-0.25, -0.2) is 4.79 Å². The second kappa shape index (κ2) is 6.38. The molecule has 0 aliphatic rings. The van der Waals surface area contributed by atoms with E-state index >= 15 is 0 Å². The van der Waals surface area contributed by atoms with Crippen LogP contribution in [0.25, 0.3) is 6.08 Å². The van der Waals surface area contributed by atoms with Crippen molar-refractivity contribution >= 4 is 24.7 Å². The van der Waals surface area contributed by atoms with Crippen molar-refractivity contribution in [1.82, 2.24) is 0 Å². The molecule has 0 amide bonds. The Hall–Kier alpha value is -1.22. The minimum absolute atomic E-state index is 0.300. The Bertz CT molecular complexity index is 397. The minimum Gasteiger partial charge on any atom is -0.465 e. The van der Waals surface area contributed by atoms with Crippen molar-refractivity contribution in [3.8, 4) is 0 Å². The summed E-state index contributed by atoms with van der Waals surface area (Å²) >= 11 is 4.13. The van der Waals surface area contributed by atoms with Crippen LogP contribution >= 0.6 is 12.6 Å². The third kappa shape index (κ3) is 3.42. The summed E-state index contributed by atoms with van der Waals surface area (Å²) in [5.74, 6) is 0.501. The zero-order valence-corrected chi connectivity index (χ0v) is 10.5. The van der Waals surface area contributed by atoms with Gasteiger partial charge in [0.25, 0.3) is 0 Å². The maximum Gasteiger partial charge on any atom is 0.338 e. The largest absolute Gasteiger partial charge is 0.465 e. The summed E-state index contributed by atoms with van der Waals surface area (Å²) in [6.45, 7) is 2.00. The van der Waals surface area contributed by atoms with Crippen molar-refractivity contribution < 1.29 is 9.53 Å². The number of hydrogen-bond donors (Lipinski definition) is 1. The fraction of sp³-hybridized carbons (Fsp3) is 0.308. The lowest BCUT2D eigenvalue weighted by atomic mass is 10.0. The standard InChI is InChI=1S/C13H16O2S/c1-10-6-7-12(13(14)15-2)11(9-10)5-3-4-8-16/h3,5-7,9,16H,4,8H2,1-2H3. The number of esters is 1. The van der Waals surface area contributed by atoms with E-state index in [1.165, 1.54) is 7.11 Å². The molecule has 3 heteroatoms. The van der Waals surface area contributed by atoms with E-state index in [1.54, 1.807) is 6.07 Å². The maximum atomic E-state index is 11.5. The Morgan fingerprint density at radius 3 is 2.88 bits per heavy atom. The number of rotatable bonds is 4. The summed E-state index contributed by atoms with van der Waals surface area (Å²) in [5, 5.41) is 0. The van der Waals surface area contributed by atoms with Gasteiger partial charge in [0.1, 0.15) is 0 Å². The number of benzene rings is 1. The van der Waals surface area contributed by atoms with Gasteiger partial charge in [-0.1, -0.05) is 29.8 Å². The fourth-order valence-electron chi connectivity index (χ4n) is 1.40. The molecule has 0 bridgehead atoms. The van der Waals surface area contributed by atoms with E-state index in [4.69, 9.17) is 4.74 Å². The molecule has 86 valence electrons. The maximum absolute atomic E-state index is 11.5. The van der Waals surface area contributed by atoms with Crippen molar-refractivity contribution in [2.75, 3.05) is 12.9 Å². The van der Waals surface area contributed by atoms with Crippen molar-refractivity contribution in [3.63, 3.8) is 0 Å². The molecule has 0 fully saturated rings. The Morgan fingerprint density at radius 1 is 1.50 bits per heavy atom.